The van der Waals surface area contributed by atoms with Crippen LogP contribution in [0.15, 0.2) is 49.3 Å². The molecule has 0 aliphatic heterocycles. The van der Waals surface area contributed by atoms with Crippen molar-refractivity contribution >= 4 is 11.6 Å². The van der Waals surface area contributed by atoms with E-state index in [4.69, 9.17) is 0 Å². The zero-order chi connectivity index (χ0) is 16.9. The molecule has 0 bridgehead atoms. The predicted molar refractivity (Wildman–Crippen MR) is 89.2 cm³/mol. The summed E-state index contributed by atoms with van der Waals surface area (Å²) in [4.78, 5) is 16.5. The van der Waals surface area contributed by atoms with Crippen LogP contribution in [0.25, 0.3) is 0 Å². The number of amides is 1. The van der Waals surface area contributed by atoms with Crippen LogP contribution in [0.2, 0.25) is 0 Å². The predicted octanol–water partition coefficient (Wildman–Crippen LogP) is 0.959. The topological polar surface area (TPSA) is 89.7 Å². The van der Waals surface area contributed by atoms with Crippen molar-refractivity contribution in [3.05, 3.63) is 60.4 Å². The smallest absolute Gasteiger partial charge is 0.246 e. The maximum absolute atomic E-state index is 12.5. The van der Waals surface area contributed by atoms with E-state index < -0.39 is 6.04 Å². The fourth-order valence-corrected chi connectivity index (χ4v) is 2.50. The average molecular weight is 325 g/mol. The Bertz CT molecular complexity index is 809. The third-order valence-electron chi connectivity index (χ3n) is 3.61. The summed E-state index contributed by atoms with van der Waals surface area (Å²) in [6, 6.07) is 7.21. The molecular weight excluding hydrogens is 306 g/mol. The minimum Gasteiger partial charge on any atom is -0.324 e. The first kappa shape index (κ1) is 15.9. The van der Waals surface area contributed by atoms with Gasteiger partial charge in [-0.3, -0.25) is 9.48 Å². The lowest BCUT2D eigenvalue weighted by Gasteiger charge is -2.15. The van der Waals surface area contributed by atoms with Crippen LogP contribution in [0.1, 0.15) is 17.2 Å². The highest BCUT2D eigenvalue weighted by molar-refractivity contribution is 5.95. The van der Waals surface area contributed by atoms with E-state index in [-0.39, 0.29) is 5.91 Å². The van der Waals surface area contributed by atoms with Crippen LogP contribution >= 0.6 is 0 Å². The summed E-state index contributed by atoms with van der Waals surface area (Å²) in [7, 11) is 3.57. The Morgan fingerprint density at radius 1 is 1.33 bits per heavy atom. The minimum absolute atomic E-state index is 0.136. The molecule has 124 valence electrons. The molecule has 8 heteroatoms. The van der Waals surface area contributed by atoms with Crippen LogP contribution < -0.4 is 10.6 Å². The minimum atomic E-state index is -0.460. The quantitative estimate of drug-likeness (QED) is 0.704. The number of nitrogens with zero attached hydrogens (tertiary/aromatic N) is 5. The van der Waals surface area contributed by atoms with Gasteiger partial charge < -0.3 is 10.6 Å². The lowest BCUT2D eigenvalue weighted by atomic mass is 10.1. The number of aryl methyl sites for hydroxylation is 1. The largest absolute Gasteiger partial charge is 0.324 e. The van der Waals surface area contributed by atoms with Gasteiger partial charge in [0.2, 0.25) is 5.91 Å². The van der Waals surface area contributed by atoms with Gasteiger partial charge in [0, 0.05) is 24.5 Å². The SMILES string of the molecule is CNC(C(=O)Nc1cccc(Cn2cncn2)c1)c1cnn(C)c1. The van der Waals surface area contributed by atoms with Crippen LogP contribution in [0.3, 0.4) is 0 Å². The lowest BCUT2D eigenvalue weighted by molar-refractivity contribution is -0.118. The molecule has 0 spiro atoms. The van der Waals surface area contributed by atoms with Crippen molar-refractivity contribution in [1.82, 2.24) is 29.9 Å². The lowest BCUT2D eigenvalue weighted by Crippen LogP contribution is -2.30. The van der Waals surface area contributed by atoms with Crippen molar-refractivity contribution in [2.75, 3.05) is 12.4 Å². The van der Waals surface area contributed by atoms with Crippen LogP contribution in [-0.4, -0.2) is 37.5 Å². The number of anilines is 1. The van der Waals surface area contributed by atoms with Crippen molar-refractivity contribution in [2.45, 2.75) is 12.6 Å². The number of carbonyl (C=O) groups is 1. The van der Waals surface area contributed by atoms with Gasteiger partial charge in [-0.15, -0.1) is 0 Å². The fourth-order valence-electron chi connectivity index (χ4n) is 2.50. The van der Waals surface area contributed by atoms with E-state index in [1.165, 1.54) is 6.33 Å². The second kappa shape index (κ2) is 7.05. The summed E-state index contributed by atoms with van der Waals surface area (Å²) in [5.41, 5.74) is 2.58. The first-order valence-electron chi connectivity index (χ1n) is 7.54. The molecule has 1 atom stereocenters. The number of rotatable bonds is 6. The molecule has 1 unspecified atom stereocenters. The first-order valence-corrected chi connectivity index (χ1v) is 7.54. The molecule has 0 aliphatic carbocycles. The van der Waals surface area contributed by atoms with Gasteiger partial charge >= 0.3 is 0 Å². The summed E-state index contributed by atoms with van der Waals surface area (Å²) in [5, 5.41) is 14.1. The Labute approximate surface area is 139 Å². The Balaban J connectivity index is 1.71. The van der Waals surface area contributed by atoms with E-state index in [1.54, 1.807) is 28.9 Å². The summed E-state index contributed by atoms with van der Waals surface area (Å²) in [5.74, 6) is -0.136. The highest BCUT2D eigenvalue weighted by Crippen LogP contribution is 2.16. The van der Waals surface area contributed by atoms with E-state index in [0.29, 0.717) is 6.54 Å². The van der Waals surface area contributed by atoms with Gasteiger partial charge in [0.25, 0.3) is 0 Å². The third-order valence-corrected chi connectivity index (χ3v) is 3.61. The molecule has 0 radical (unpaired) electrons. The molecule has 3 rings (SSSR count). The summed E-state index contributed by atoms with van der Waals surface area (Å²) in [6.07, 6.45) is 6.66. The van der Waals surface area contributed by atoms with Gasteiger partial charge in [0.05, 0.1) is 12.7 Å². The average Bonchev–Trinajstić information content (AvgIpc) is 3.20. The molecule has 0 saturated heterocycles. The van der Waals surface area contributed by atoms with Gasteiger partial charge in [-0.25, -0.2) is 9.67 Å². The second-order valence-corrected chi connectivity index (χ2v) is 5.45. The number of hydrogen-bond donors (Lipinski definition) is 2. The van der Waals surface area contributed by atoms with Crippen molar-refractivity contribution in [2.24, 2.45) is 7.05 Å². The summed E-state index contributed by atoms with van der Waals surface area (Å²) >= 11 is 0. The first-order chi connectivity index (χ1) is 11.7. The molecule has 8 nitrogen and oxygen atoms in total. The van der Waals surface area contributed by atoms with Crippen LogP contribution in [0, 0.1) is 0 Å². The highest BCUT2D eigenvalue weighted by atomic mass is 16.2. The maximum atomic E-state index is 12.5. The van der Waals surface area contributed by atoms with Gasteiger partial charge in [-0.1, -0.05) is 12.1 Å². The molecule has 2 heterocycles. The molecule has 2 aromatic heterocycles. The Morgan fingerprint density at radius 3 is 2.88 bits per heavy atom. The number of aromatic nitrogens is 5. The van der Waals surface area contributed by atoms with Gasteiger partial charge in [0.15, 0.2) is 0 Å². The van der Waals surface area contributed by atoms with Crippen LogP contribution in [0.4, 0.5) is 5.69 Å². The van der Waals surface area contributed by atoms with Crippen molar-refractivity contribution < 1.29 is 4.79 Å². The Morgan fingerprint density at radius 2 is 2.21 bits per heavy atom. The van der Waals surface area contributed by atoms with Crippen molar-refractivity contribution in [1.29, 1.82) is 0 Å². The van der Waals surface area contributed by atoms with Crippen LogP contribution in [-0.2, 0) is 18.4 Å². The summed E-state index contributed by atoms with van der Waals surface area (Å²) < 4.78 is 3.40. The molecule has 0 saturated carbocycles. The molecule has 24 heavy (non-hydrogen) atoms. The van der Waals surface area contributed by atoms with Crippen molar-refractivity contribution in [3.8, 4) is 0 Å². The molecule has 1 aromatic carbocycles. The van der Waals surface area contributed by atoms with E-state index in [0.717, 1.165) is 16.8 Å². The molecule has 3 aromatic rings. The number of hydrogen-bond acceptors (Lipinski definition) is 5. The van der Waals surface area contributed by atoms with E-state index in [1.807, 2.05) is 37.5 Å². The number of benzene rings is 1. The van der Waals surface area contributed by atoms with E-state index in [2.05, 4.69) is 25.8 Å². The van der Waals surface area contributed by atoms with Crippen molar-refractivity contribution in [3.63, 3.8) is 0 Å². The summed E-state index contributed by atoms with van der Waals surface area (Å²) in [6.45, 7) is 0.599. The van der Waals surface area contributed by atoms with Gasteiger partial charge in [0.1, 0.15) is 18.7 Å². The van der Waals surface area contributed by atoms with E-state index in [9.17, 15) is 4.79 Å². The third kappa shape index (κ3) is 3.66. The fraction of sp³-hybridized carbons (Fsp3) is 0.250. The molecule has 2 N–H and O–H groups in total. The molecular formula is C16H19N7O. The second-order valence-electron chi connectivity index (χ2n) is 5.45. The number of nitrogens with one attached hydrogen (secondary N) is 2. The van der Waals surface area contributed by atoms with Crippen LogP contribution in [0.5, 0.6) is 0 Å². The monoisotopic (exact) mass is 325 g/mol. The number of carbonyl (C=O) groups excluding carboxylic acids is 1. The molecule has 0 aliphatic rings. The normalized spacial score (nSPS) is 12.1. The highest BCUT2D eigenvalue weighted by Gasteiger charge is 2.20. The molecule has 0 fully saturated rings. The Hall–Kier alpha value is -3.00. The zero-order valence-corrected chi connectivity index (χ0v) is 13.5. The Kier molecular flexibility index (Phi) is 4.66. The maximum Gasteiger partial charge on any atom is 0.246 e. The standard InChI is InChI=1S/C16H19N7O/c1-17-15(13-7-19-22(2)9-13)16(24)21-14-5-3-4-12(6-14)8-23-11-18-10-20-23/h3-7,9-11,15,17H,8H2,1-2H3,(H,21,24). The van der Waals surface area contributed by atoms with Gasteiger partial charge in [-0.2, -0.15) is 10.2 Å². The van der Waals surface area contributed by atoms with E-state index >= 15 is 0 Å². The number of likely N-dealkylation sites (N-methyl/N-ethyl adjacent to an activating group) is 1. The zero-order valence-electron chi connectivity index (χ0n) is 13.5. The molecule has 1 amide bonds. The van der Waals surface area contributed by atoms with Gasteiger partial charge in [-0.05, 0) is 24.7 Å².